The van der Waals surface area contributed by atoms with Crippen LogP contribution in [0.3, 0.4) is 0 Å². The Morgan fingerprint density at radius 1 is 1.15 bits per heavy atom. The van der Waals surface area contributed by atoms with Crippen LogP contribution in [0.4, 0.5) is 11.6 Å². The fourth-order valence-corrected chi connectivity index (χ4v) is 2.29. The maximum atomic E-state index is 5.66. The van der Waals surface area contributed by atoms with E-state index in [-0.39, 0.29) is 0 Å². The molecular weight excluding hydrogens is 250 g/mol. The highest BCUT2D eigenvalue weighted by molar-refractivity contribution is 5.70. The summed E-state index contributed by atoms with van der Waals surface area (Å²) >= 11 is 0. The largest absolute Gasteiger partial charge is 0.378 e. The Hall–Kier alpha value is -2.56. The highest BCUT2D eigenvalue weighted by Crippen LogP contribution is 2.25. The van der Waals surface area contributed by atoms with Crippen molar-refractivity contribution in [2.45, 2.75) is 6.92 Å². The van der Waals surface area contributed by atoms with E-state index in [1.165, 1.54) is 5.69 Å². The third-order valence-corrected chi connectivity index (χ3v) is 3.33. The van der Waals surface area contributed by atoms with Crippen molar-refractivity contribution in [2.75, 3.05) is 24.7 Å². The number of anilines is 2. The Morgan fingerprint density at radius 3 is 2.70 bits per heavy atom. The topological polar surface area (TPSA) is 59.5 Å². The molecule has 0 saturated heterocycles. The minimum atomic E-state index is 0.298. The fraction of sp³-hybridized carbons (Fsp3) is 0.200. The summed E-state index contributed by atoms with van der Waals surface area (Å²) in [5, 5.41) is 4.19. The molecule has 0 unspecified atom stereocenters. The number of nitrogens with zero attached hydrogens (tertiary/aromatic N) is 4. The van der Waals surface area contributed by atoms with Gasteiger partial charge in [0.1, 0.15) is 0 Å². The normalized spacial score (nSPS) is 10.9. The van der Waals surface area contributed by atoms with E-state index in [0.717, 1.165) is 22.3 Å². The quantitative estimate of drug-likeness (QED) is 0.774. The van der Waals surface area contributed by atoms with Gasteiger partial charge in [0.15, 0.2) is 5.65 Å². The van der Waals surface area contributed by atoms with E-state index in [9.17, 15) is 0 Å². The molecular formula is C15H17N5. The molecule has 2 aromatic heterocycles. The second-order valence-corrected chi connectivity index (χ2v) is 5.09. The van der Waals surface area contributed by atoms with Gasteiger partial charge >= 0.3 is 0 Å². The van der Waals surface area contributed by atoms with E-state index >= 15 is 0 Å². The van der Waals surface area contributed by atoms with Crippen LogP contribution in [0.15, 0.2) is 36.5 Å². The first kappa shape index (κ1) is 12.5. The Morgan fingerprint density at radius 2 is 1.95 bits per heavy atom. The van der Waals surface area contributed by atoms with Crippen LogP contribution in [0.1, 0.15) is 5.56 Å². The highest BCUT2D eigenvalue weighted by atomic mass is 15.3. The first-order valence-corrected chi connectivity index (χ1v) is 6.45. The zero-order chi connectivity index (χ0) is 14.3. The molecule has 5 heteroatoms. The monoisotopic (exact) mass is 267 g/mol. The van der Waals surface area contributed by atoms with Crippen molar-refractivity contribution in [3.8, 4) is 11.1 Å². The standard InChI is InChI=1S/C15H17N5/c1-10-7-12(9-20-14(10)17-15(16)18-20)11-5-4-6-13(8-11)19(2)3/h4-9H,1-3H3,(H2,16,18). The maximum Gasteiger partial charge on any atom is 0.240 e. The van der Waals surface area contributed by atoms with E-state index in [2.05, 4.69) is 45.3 Å². The number of aromatic nitrogens is 3. The zero-order valence-corrected chi connectivity index (χ0v) is 11.8. The maximum absolute atomic E-state index is 5.66. The van der Waals surface area contributed by atoms with E-state index in [1.54, 1.807) is 4.52 Å². The number of nitrogen functional groups attached to an aromatic ring is 1. The van der Waals surface area contributed by atoms with Gasteiger partial charge in [0.2, 0.25) is 5.95 Å². The van der Waals surface area contributed by atoms with Gasteiger partial charge in [-0.05, 0) is 36.2 Å². The van der Waals surface area contributed by atoms with Crippen molar-refractivity contribution >= 4 is 17.3 Å². The molecule has 3 aromatic rings. The van der Waals surface area contributed by atoms with Crippen molar-refractivity contribution < 1.29 is 0 Å². The van der Waals surface area contributed by atoms with Crippen LogP contribution in [-0.2, 0) is 0 Å². The van der Waals surface area contributed by atoms with E-state index in [1.807, 2.05) is 27.2 Å². The minimum Gasteiger partial charge on any atom is -0.378 e. The molecule has 0 radical (unpaired) electrons. The molecule has 0 bridgehead atoms. The van der Waals surface area contributed by atoms with Gasteiger partial charge < -0.3 is 10.6 Å². The molecule has 0 amide bonds. The predicted octanol–water partition coefficient (Wildman–Crippen LogP) is 2.35. The molecule has 20 heavy (non-hydrogen) atoms. The summed E-state index contributed by atoms with van der Waals surface area (Å²) in [5.41, 5.74) is 10.9. The summed E-state index contributed by atoms with van der Waals surface area (Å²) in [7, 11) is 4.07. The van der Waals surface area contributed by atoms with Crippen LogP contribution in [-0.4, -0.2) is 28.7 Å². The number of pyridine rings is 1. The van der Waals surface area contributed by atoms with Crippen molar-refractivity contribution in [2.24, 2.45) is 0 Å². The summed E-state index contributed by atoms with van der Waals surface area (Å²) in [6, 6.07) is 10.5. The van der Waals surface area contributed by atoms with Crippen LogP contribution < -0.4 is 10.6 Å². The lowest BCUT2D eigenvalue weighted by atomic mass is 10.1. The van der Waals surface area contributed by atoms with Gasteiger partial charge in [-0.15, -0.1) is 5.10 Å². The second-order valence-electron chi connectivity index (χ2n) is 5.09. The van der Waals surface area contributed by atoms with Crippen LogP contribution >= 0.6 is 0 Å². The molecule has 0 spiro atoms. The smallest absolute Gasteiger partial charge is 0.240 e. The summed E-state index contributed by atoms with van der Waals surface area (Å²) < 4.78 is 1.74. The lowest BCUT2D eigenvalue weighted by Gasteiger charge is -2.14. The van der Waals surface area contributed by atoms with Gasteiger partial charge in [-0.2, -0.15) is 4.98 Å². The molecule has 102 valence electrons. The average molecular weight is 267 g/mol. The Bertz CT molecular complexity index is 773. The molecule has 1 aromatic carbocycles. The lowest BCUT2D eigenvalue weighted by Crippen LogP contribution is -2.08. The van der Waals surface area contributed by atoms with Gasteiger partial charge in [0, 0.05) is 31.5 Å². The van der Waals surface area contributed by atoms with Crippen LogP contribution in [0.25, 0.3) is 16.8 Å². The molecule has 0 fully saturated rings. The third-order valence-electron chi connectivity index (χ3n) is 3.33. The summed E-state index contributed by atoms with van der Waals surface area (Å²) in [4.78, 5) is 6.30. The van der Waals surface area contributed by atoms with Gasteiger partial charge in [-0.25, -0.2) is 4.52 Å². The van der Waals surface area contributed by atoms with E-state index in [4.69, 9.17) is 5.73 Å². The number of nitrogens with two attached hydrogens (primary N) is 1. The molecule has 2 heterocycles. The zero-order valence-electron chi connectivity index (χ0n) is 11.8. The first-order valence-electron chi connectivity index (χ1n) is 6.45. The molecule has 3 rings (SSSR count). The molecule has 0 aliphatic rings. The molecule has 0 atom stereocenters. The van der Waals surface area contributed by atoms with Crippen molar-refractivity contribution in [3.63, 3.8) is 0 Å². The number of rotatable bonds is 2. The summed E-state index contributed by atoms with van der Waals surface area (Å²) in [6.45, 7) is 2.02. The van der Waals surface area contributed by atoms with Crippen LogP contribution in [0.5, 0.6) is 0 Å². The molecule has 2 N–H and O–H groups in total. The number of benzene rings is 1. The summed E-state index contributed by atoms with van der Waals surface area (Å²) in [6.07, 6.45) is 1.96. The average Bonchev–Trinajstić information content (AvgIpc) is 2.80. The van der Waals surface area contributed by atoms with Gasteiger partial charge in [-0.1, -0.05) is 12.1 Å². The van der Waals surface area contributed by atoms with Crippen molar-refractivity contribution in [1.82, 2.24) is 14.6 Å². The number of hydrogen-bond donors (Lipinski definition) is 1. The third kappa shape index (κ3) is 2.07. The fourth-order valence-electron chi connectivity index (χ4n) is 2.29. The van der Waals surface area contributed by atoms with E-state index < -0.39 is 0 Å². The van der Waals surface area contributed by atoms with Crippen molar-refractivity contribution in [3.05, 3.63) is 42.1 Å². The van der Waals surface area contributed by atoms with Gasteiger partial charge in [-0.3, -0.25) is 0 Å². The molecule has 0 aliphatic heterocycles. The van der Waals surface area contributed by atoms with Crippen LogP contribution in [0.2, 0.25) is 0 Å². The number of fused-ring (bicyclic) bond motifs is 1. The molecule has 0 saturated carbocycles. The lowest BCUT2D eigenvalue weighted by molar-refractivity contribution is 0.964. The molecule has 5 nitrogen and oxygen atoms in total. The second kappa shape index (κ2) is 4.52. The van der Waals surface area contributed by atoms with Gasteiger partial charge in [0.25, 0.3) is 0 Å². The van der Waals surface area contributed by atoms with Gasteiger partial charge in [0.05, 0.1) is 0 Å². The first-order chi connectivity index (χ1) is 9.54. The minimum absolute atomic E-state index is 0.298. The Balaban J connectivity index is 2.16. The van der Waals surface area contributed by atoms with E-state index in [0.29, 0.717) is 5.95 Å². The van der Waals surface area contributed by atoms with Crippen molar-refractivity contribution in [1.29, 1.82) is 0 Å². The molecule has 0 aliphatic carbocycles. The Kier molecular flexibility index (Phi) is 2.82. The number of aryl methyl sites for hydroxylation is 1. The van der Waals surface area contributed by atoms with Crippen LogP contribution in [0, 0.1) is 6.92 Å². The SMILES string of the molecule is Cc1cc(-c2cccc(N(C)C)c2)cn2nc(N)nc12. The summed E-state index contributed by atoms with van der Waals surface area (Å²) in [5.74, 6) is 0.298. The number of hydrogen-bond acceptors (Lipinski definition) is 4. The highest BCUT2D eigenvalue weighted by Gasteiger charge is 2.08. The predicted molar refractivity (Wildman–Crippen MR) is 81.9 cm³/mol. The Labute approximate surface area is 117 Å².